The Morgan fingerprint density at radius 2 is 1.86 bits per heavy atom. The molecule has 0 bridgehead atoms. The summed E-state index contributed by atoms with van der Waals surface area (Å²) in [7, 11) is 0. The van der Waals surface area contributed by atoms with Crippen molar-refractivity contribution >= 4 is 5.69 Å². The van der Waals surface area contributed by atoms with Crippen LogP contribution in [0, 0.1) is 6.92 Å². The molecule has 0 aliphatic rings. The van der Waals surface area contributed by atoms with E-state index < -0.39 is 0 Å². The molecule has 0 heterocycles. The molecular formula is C18H23NO2. The lowest BCUT2D eigenvalue weighted by Gasteiger charge is -2.15. The van der Waals surface area contributed by atoms with Gasteiger partial charge in [-0.2, -0.15) is 0 Å². The molecule has 0 spiro atoms. The standard InChI is InChI=1S/C18H23NO2/c1-14(2)21-18-10-5-4-9-17(18)19-11-12-20-16-8-6-7-15(3)13-16/h4-10,13-14,19H,11-12H2,1-3H3. The normalized spacial score (nSPS) is 10.5. The molecule has 0 radical (unpaired) electrons. The van der Waals surface area contributed by atoms with E-state index in [1.54, 1.807) is 0 Å². The van der Waals surface area contributed by atoms with E-state index in [-0.39, 0.29) is 6.10 Å². The fourth-order valence-corrected chi connectivity index (χ4v) is 2.03. The van der Waals surface area contributed by atoms with Crippen LogP contribution in [0.2, 0.25) is 0 Å². The number of hydrogen-bond acceptors (Lipinski definition) is 3. The van der Waals surface area contributed by atoms with Gasteiger partial charge >= 0.3 is 0 Å². The highest BCUT2D eigenvalue weighted by Gasteiger charge is 2.04. The van der Waals surface area contributed by atoms with Crippen LogP contribution in [0.15, 0.2) is 48.5 Å². The van der Waals surface area contributed by atoms with Crippen LogP contribution in [0.3, 0.4) is 0 Å². The van der Waals surface area contributed by atoms with Gasteiger partial charge in [0, 0.05) is 6.54 Å². The van der Waals surface area contributed by atoms with Gasteiger partial charge in [0.05, 0.1) is 11.8 Å². The van der Waals surface area contributed by atoms with Gasteiger partial charge in [0.15, 0.2) is 0 Å². The molecule has 3 heteroatoms. The maximum absolute atomic E-state index is 5.77. The topological polar surface area (TPSA) is 30.5 Å². The summed E-state index contributed by atoms with van der Waals surface area (Å²) in [5.41, 5.74) is 2.20. The van der Waals surface area contributed by atoms with E-state index in [1.807, 2.05) is 56.3 Å². The first-order valence-corrected chi connectivity index (χ1v) is 7.34. The Morgan fingerprint density at radius 3 is 2.62 bits per heavy atom. The first kappa shape index (κ1) is 15.2. The van der Waals surface area contributed by atoms with Crippen molar-refractivity contribution in [3.05, 3.63) is 54.1 Å². The molecule has 0 aliphatic carbocycles. The Bertz CT molecular complexity index is 567. The summed E-state index contributed by atoms with van der Waals surface area (Å²) >= 11 is 0. The van der Waals surface area contributed by atoms with Gasteiger partial charge in [0.25, 0.3) is 0 Å². The maximum atomic E-state index is 5.77. The number of anilines is 1. The number of hydrogen-bond donors (Lipinski definition) is 1. The van der Waals surface area contributed by atoms with Gasteiger partial charge in [-0.25, -0.2) is 0 Å². The summed E-state index contributed by atoms with van der Waals surface area (Å²) in [5.74, 6) is 1.78. The fourth-order valence-electron chi connectivity index (χ4n) is 2.03. The van der Waals surface area contributed by atoms with Crippen molar-refractivity contribution < 1.29 is 9.47 Å². The third kappa shape index (κ3) is 5.03. The van der Waals surface area contributed by atoms with Crippen LogP contribution in [-0.2, 0) is 0 Å². The zero-order chi connectivity index (χ0) is 15.1. The predicted octanol–water partition coefficient (Wildman–Crippen LogP) is 4.27. The lowest BCUT2D eigenvalue weighted by Crippen LogP contribution is -2.13. The van der Waals surface area contributed by atoms with Crippen molar-refractivity contribution in [3.8, 4) is 11.5 Å². The summed E-state index contributed by atoms with van der Waals surface area (Å²) in [4.78, 5) is 0. The second-order valence-corrected chi connectivity index (χ2v) is 5.25. The van der Waals surface area contributed by atoms with E-state index in [4.69, 9.17) is 9.47 Å². The summed E-state index contributed by atoms with van der Waals surface area (Å²) in [6, 6.07) is 16.0. The average molecular weight is 285 g/mol. The largest absolute Gasteiger partial charge is 0.492 e. The lowest BCUT2D eigenvalue weighted by atomic mass is 10.2. The molecule has 0 aliphatic heterocycles. The van der Waals surface area contributed by atoms with Crippen molar-refractivity contribution in [3.63, 3.8) is 0 Å². The molecule has 0 saturated carbocycles. The van der Waals surface area contributed by atoms with Crippen molar-refractivity contribution in [2.24, 2.45) is 0 Å². The number of rotatable bonds is 7. The molecule has 0 unspecified atom stereocenters. The summed E-state index contributed by atoms with van der Waals surface area (Å²) in [6.45, 7) is 7.45. The highest BCUT2D eigenvalue weighted by molar-refractivity contribution is 5.56. The lowest BCUT2D eigenvalue weighted by molar-refractivity contribution is 0.243. The Hall–Kier alpha value is -2.16. The van der Waals surface area contributed by atoms with Crippen LogP contribution in [-0.4, -0.2) is 19.3 Å². The van der Waals surface area contributed by atoms with Gasteiger partial charge in [-0.3, -0.25) is 0 Å². The van der Waals surface area contributed by atoms with Crippen LogP contribution in [0.25, 0.3) is 0 Å². The highest BCUT2D eigenvalue weighted by Crippen LogP contribution is 2.24. The highest BCUT2D eigenvalue weighted by atomic mass is 16.5. The summed E-state index contributed by atoms with van der Waals surface area (Å²) in [5, 5.41) is 3.35. The molecule has 0 atom stereocenters. The van der Waals surface area contributed by atoms with Crippen LogP contribution in [0.1, 0.15) is 19.4 Å². The van der Waals surface area contributed by atoms with E-state index in [0.29, 0.717) is 6.61 Å². The van der Waals surface area contributed by atoms with Crippen molar-refractivity contribution in [2.75, 3.05) is 18.5 Å². The molecule has 112 valence electrons. The zero-order valence-electron chi connectivity index (χ0n) is 12.9. The van der Waals surface area contributed by atoms with Gasteiger partial charge in [-0.15, -0.1) is 0 Å². The van der Waals surface area contributed by atoms with Gasteiger partial charge < -0.3 is 14.8 Å². The van der Waals surface area contributed by atoms with E-state index in [1.165, 1.54) is 5.56 Å². The Kier molecular flexibility index (Phi) is 5.50. The third-order valence-electron chi connectivity index (χ3n) is 2.93. The Morgan fingerprint density at radius 1 is 1.05 bits per heavy atom. The zero-order valence-corrected chi connectivity index (χ0v) is 12.9. The van der Waals surface area contributed by atoms with Crippen LogP contribution >= 0.6 is 0 Å². The quantitative estimate of drug-likeness (QED) is 0.770. The third-order valence-corrected chi connectivity index (χ3v) is 2.93. The second-order valence-electron chi connectivity index (χ2n) is 5.25. The molecule has 2 aromatic rings. The smallest absolute Gasteiger partial charge is 0.142 e. The molecule has 0 fully saturated rings. The van der Waals surface area contributed by atoms with Crippen molar-refractivity contribution in [1.29, 1.82) is 0 Å². The van der Waals surface area contributed by atoms with Gasteiger partial charge in [-0.1, -0.05) is 24.3 Å². The number of para-hydroxylation sites is 2. The molecule has 3 nitrogen and oxygen atoms in total. The van der Waals surface area contributed by atoms with Gasteiger partial charge in [-0.05, 0) is 50.6 Å². The van der Waals surface area contributed by atoms with Crippen LogP contribution in [0.4, 0.5) is 5.69 Å². The average Bonchev–Trinajstić information content (AvgIpc) is 2.45. The van der Waals surface area contributed by atoms with Gasteiger partial charge in [0.2, 0.25) is 0 Å². The minimum Gasteiger partial charge on any atom is -0.492 e. The minimum atomic E-state index is 0.163. The number of aryl methyl sites for hydroxylation is 1. The predicted molar refractivity (Wildman–Crippen MR) is 87.4 cm³/mol. The molecule has 2 aromatic carbocycles. The number of benzene rings is 2. The summed E-state index contributed by atoms with van der Waals surface area (Å²) < 4.78 is 11.5. The molecule has 2 rings (SSSR count). The number of ether oxygens (including phenoxy) is 2. The van der Waals surface area contributed by atoms with Crippen molar-refractivity contribution in [1.82, 2.24) is 0 Å². The number of nitrogens with one attached hydrogen (secondary N) is 1. The molecule has 0 aromatic heterocycles. The van der Waals surface area contributed by atoms with Crippen LogP contribution in [0.5, 0.6) is 11.5 Å². The van der Waals surface area contributed by atoms with E-state index >= 15 is 0 Å². The Balaban J connectivity index is 1.83. The molecule has 0 amide bonds. The molecule has 21 heavy (non-hydrogen) atoms. The monoisotopic (exact) mass is 285 g/mol. The second kappa shape index (κ2) is 7.58. The fraction of sp³-hybridized carbons (Fsp3) is 0.333. The first-order valence-electron chi connectivity index (χ1n) is 7.34. The van der Waals surface area contributed by atoms with Crippen molar-refractivity contribution in [2.45, 2.75) is 26.9 Å². The van der Waals surface area contributed by atoms with Gasteiger partial charge in [0.1, 0.15) is 18.1 Å². The van der Waals surface area contributed by atoms with E-state index in [0.717, 1.165) is 23.7 Å². The first-order chi connectivity index (χ1) is 10.1. The molecule has 0 saturated heterocycles. The van der Waals surface area contributed by atoms with E-state index in [2.05, 4.69) is 18.3 Å². The maximum Gasteiger partial charge on any atom is 0.142 e. The molecule has 1 N–H and O–H groups in total. The summed E-state index contributed by atoms with van der Waals surface area (Å²) in [6.07, 6.45) is 0.163. The Labute approximate surface area is 126 Å². The van der Waals surface area contributed by atoms with E-state index in [9.17, 15) is 0 Å². The minimum absolute atomic E-state index is 0.163. The molecular weight excluding hydrogens is 262 g/mol. The van der Waals surface area contributed by atoms with Crippen LogP contribution < -0.4 is 14.8 Å². The SMILES string of the molecule is Cc1cccc(OCCNc2ccccc2OC(C)C)c1.